The molecule has 0 unspecified atom stereocenters. The molecular formula is C21H42O4. The lowest BCUT2D eigenvalue weighted by Gasteiger charge is -2.03. The number of unbranched alkanes of at least 4 members (excludes halogenated alkanes) is 14. The Kier molecular flexibility index (Phi) is 21.2. The molecule has 0 radical (unpaired) electrons. The minimum atomic E-state index is 0.438. The normalized spacial score (nSPS) is 11.1. The zero-order chi connectivity index (χ0) is 18.4. The summed E-state index contributed by atoms with van der Waals surface area (Å²) in [6.07, 6.45) is 21.3. The van der Waals surface area contributed by atoms with Crippen molar-refractivity contribution in [3.05, 3.63) is 0 Å². The van der Waals surface area contributed by atoms with Crippen LogP contribution in [-0.2, 0) is 14.7 Å². The zero-order valence-corrected chi connectivity index (χ0v) is 16.6. The highest BCUT2D eigenvalue weighted by atomic mass is 17.5. The molecule has 0 spiro atoms. The van der Waals surface area contributed by atoms with Gasteiger partial charge in [0.15, 0.2) is 0 Å². The number of ketones is 1. The number of hydrogen-bond donors (Lipinski definition) is 1. The second-order valence-electron chi connectivity index (χ2n) is 7.24. The molecule has 0 aliphatic carbocycles. The Balaban J connectivity index is 3.13. The van der Waals surface area contributed by atoms with Crippen LogP contribution in [0, 0.1) is 0 Å². The first-order valence-corrected chi connectivity index (χ1v) is 10.8. The van der Waals surface area contributed by atoms with Crippen LogP contribution in [-0.4, -0.2) is 17.6 Å². The Morgan fingerprint density at radius 1 is 0.640 bits per heavy atom. The average molecular weight is 359 g/mol. The minimum absolute atomic E-state index is 0.438. The molecule has 0 amide bonds. The second kappa shape index (κ2) is 21.6. The van der Waals surface area contributed by atoms with E-state index in [0.29, 0.717) is 12.4 Å². The fourth-order valence-corrected chi connectivity index (χ4v) is 3.16. The van der Waals surface area contributed by atoms with Crippen LogP contribution in [0.4, 0.5) is 0 Å². The number of carbonyl (C=O) groups is 1. The van der Waals surface area contributed by atoms with Gasteiger partial charge < -0.3 is 0 Å². The minimum Gasteiger partial charge on any atom is -0.300 e. The zero-order valence-electron chi connectivity index (χ0n) is 16.6. The Labute approximate surface area is 155 Å². The largest absolute Gasteiger partial charge is 0.300 e. The van der Waals surface area contributed by atoms with Crippen molar-refractivity contribution in [1.82, 2.24) is 0 Å². The molecule has 0 rings (SSSR count). The first-order valence-electron chi connectivity index (χ1n) is 10.8. The van der Waals surface area contributed by atoms with Crippen molar-refractivity contribution >= 4 is 5.78 Å². The van der Waals surface area contributed by atoms with E-state index in [9.17, 15) is 4.79 Å². The van der Waals surface area contributed by atoms with E-state index in [0.717, 1.165) is 51.4 Å². The third kappa shape index (κ3) is 21.5. The maximum absolute atomic E-state index is 11.8. The molecule has 4 heteroatoms. The van der Waals surface area contributed by atoms with Crippen molar-refractivity contribution in [3.8, 4) is 0 Å². The molecule has 0 aliphatic rings. The number of hydrogen-bond acceptors (Lipinski definition) is 4. The summed E-state index contributed by atoms with van der Waals surface area (Å²) in [5, 5.41) is 11.5. The topological polar surface area (TPSA) is 55.8 Å². The van der Waals surface area contributed by atoms with E-state index in [1.54, 1.807) is 0 Å². The van der Waals surface area contributed by atoms with Crippen LogP contribution in [0.1, 0.15) is 122 Å². The molecule has 1 N–H and O–H groups in total. The smallest absolute Gasteiger partial charge is 0.132 e. The van der Waals surface area contributed by atoms with Crippen LogP contribution in [0.25, 0.3) is 0 Å². The molecule has 25 heavy (non-hydrogen) atoms. The first-order chi connectivity index (χ1) is 12.3. The number of rotatable bonds is 21. The molecule has 0 fully saturated rings. The number of Topliss-reactive ketones (excluding diaryl/α,β-unsaturated/α-hetero) is 1. The maximum atomic E-state index is 11.8. The molecule has 0 aliphatic heterocycles. The van der Waals surface area contributed by atoms with E-state index >= 15 is 0 Å². The van der Waals surface area contributed by atoms with E-state index in [4.69, 9.17) is 5.26 Å². The summed E-state index contributed by atoms with van der Waals surface area (Å²) in [6, 6.07) is 0. The van der Waals surface area contributed by atoms with Crippen molar-refractivity contribution in [2.75, 3.05) is 6.61 Å². The molecule has 0 saturated heterocycles. The standard InChI is InChI=1S/C21H42O4/c1-2-3-4-5-6-7-8-9-12-15-18-21(22)19-16-13-10-11-14-17-20-24-25-23/h23H,2-20H2,1H3. The van der Waals surface area contributed by atoms with Crippen LogP contribution >= 0.6 is 0 Å². The van der Waals surface area contributed by atoms with Gasteiger partial charge in [-0.2, -0.15) is 0 Å². The molecule has 0 aromatic heterocycles. The molecule has 0 atom stereocenters. The maximum Gasteiger partial charge on any atom is 0.132 e. The van der Waals surface area contributed by atoms with Crippen molar-refractivity contribution < 1.29 is 20.0 Å². The van der Waals surface area contributed by atoms with Gasteiger partial charge in [0.25, 0.3) is 0 Å². The predicted molar refractivity (Wildman–Crippen MR) is 103 cm³/mol. The summed E-state index contributed by atoms with van der Waals surface area (Å²) < 4.78 is 0. The van der Waals surface area contributed by atoms with Gasteiger partial charge in [0.2, 0.25) is 0 Å². The van der Waals surface area contributed by atoms with Crippen LogP contribution in [0.5, 0.6) is 0 Å². The van der Waals surface area contributed by atoms with Gasteiger partial charge in [-0.25, -0.2) is 10.1 Å². The Hall–Kier alpha value is -0.450. The van der Waals surface area contributed by atoms with Crippen LogP contribution < -0.4 is 0 Å². The lowest BCUT2D eigenvalue weighted by atomic mass is 10.0. The molecule has 4 nitrogen and oxygen atoms in total. The van der Waals surface area contributed by atoms with Gasteiger partial charge >= 0.3 is 0 Å². The van der Waals surface area contributed by atoms with Crippen LogP contribution in [0.2, 0.25) is 0 Å². The van der Waals surface area contributed by atoms with E-state index in [1.807, 2.05) is 0 Å². The van der Waals surface area contributed by atoms with Gasteiger partial charge in [0.05, 0.1) is 6.61 Å². The molecule has 0 heterocycles. The summed E-state index contributed by atoms with van der Waals surface area (Å²) in [5.41, 5.74) is 0. The SMILES string of the molecule is CCCCCCCCCCCCC(=O)CCCCCCCCOOO. The summed E-state index contributed by atoms with van der Waals surface area (Å²) in [4.78, 5) is 16.2. The highest BCUT2D eigenvalue weighted by Gasteiger charge is 2.02. The molecule has 0 aromatic carbocycles. The van der Waals surface area contributed by atoms with E-state index in [1.165, 1.54) is 64.2 Å². The van der Waals surface area contributed by atoms with Crippen molar-refractivity contribution in [1.29, 1.82) is 0 Å². The van der Waals surface area contributed by atoms with E-state index in [-0.39, 0.29) is 0 Å². The molecule has 150 valence electrons. The average Bonchev–Trinajstić information content (AvgIpc) is 2.62. The summed E-state index contributed by atoms with van der Waals surface area (Å²) in [5.74, 6) is 0.452. The van der Waals surface area contributed by atoms with Crippen LogP contribution in [0.3, 0.4) is 0 Å². The molecule has 0 saturated carbocycles. The lowest BCUT2D eigenvalue weighted by Crippen LogP contribution is -1.98. The Morgan fingerprint density at radius 3 is 1.48 bits per heavy atom. The first kappa shape index (κ1) is 24.6. The van der Waals surface area contributed by atoms with Crippen molar-refractivity contribution in [3.63, 3.8) is 0 Å². The second-order valence-corrected chi connectivity index (χ2v) is 7.24. The van der Waals surface area contributed by atoms with Gasteiger partial charge in [-0.1, -0.05) is 95.4 Å². The molecular weight excluding hydrogens is 316 g/mol. The van der Waals surface area contributed by atoms with Gasteiger partial charge in [-0.15, -0.1) is 0 Å². The van der Waals surface area contributed by atoms with Crippen molar-refractivity contribution in [2.45, 2.75) is 122 Å². The van der Waals surface area contributed by atoms with Gasteiger partial charge in [-0.3, -0.25) is 4.79 Å². The highest BCUT2D eigenvalue weighted by molar-refractivity contribution is 5.78. The summed E-state index contributed by atoms with van der Waals surface area (Å²) >= 11 is 0. The van der Waals surface area contributed by atoms with Gasteiger partial charge in [0, 0.05) is 12.8 Å². The lowest BCUT2D eigenvalue weighted by molar-refractivity contribution is -0.490. The fraction of sp³-hybridized carbons (Fsp3) is 0.952. The van der Waals surface area contributed by atoms with E-state index < -0.39 is 0 Å². The van der Waals surface area contributed by atoms with Gasteiger partial charge in [0.1, 0.15) is 5.78 Å². The summed E-state index contributed by atoms with van der Waals surface area (Å²) in [6.45, 7) is 2.70. The monoisotopic (exact) mass is 358 g/mol. The van der Waals surface area contributed by atoms with E-state index in [2.05, 4.69) is 16.8 Å². The Bertz CT molecular complexity index is 269. The molecule has 0 aromatic rings. The highest BCUT2D eigenvalue weighted by Crippen LogP contribution is 2.13. The summed E-state index contributed by atoms with van der Waals surface area (Å²) in [7, 11) is 0. The number of carbonyl (C=O) groups excluding carboxylic acids is 1. The van der Waals surface area contributed by atoms with Crippen molar-refractivity contribution in [2.24, 2.45) is 0 Å². The Morgan fingerprint density at radius 2 is 1.04 bits per heavy atom. The quantitative estimate of drug-likeness (QED) is 0.136. The third-order valence-electron chi connectivity index (χ3n) is 4.80. The van der Waals surface area contributed by atoms with Gasteiger partial charge in [-0.05, 0) is 19.3 Å². The third-order valence-corrected chi connectivity index (χ3v) is 4.80. The predicted octanol–water partition coefficient (Wildman–Crippen LogP) is 7.02. The molecule has 0 bridgehead atoms. The fourth-order valence-electron chi connectivity index (χ4n) is 3.16. The van der Waals surface area contributed by atoms with Crippen LogP contribution in [0.15, 0.2) is 0 Å².